The van der Waals surface area contributed by atoms with Crippen LogP contribution in [-0.2, 0) is 22.4 Å². The highest BCUT2D eigenvalue weighted by Crippen LogP contribution is 2.25. The minimum Gasteiger partial charge on any atom is -0.378 e. The number of nitrogens with one attached hydrogen (secondary N) is 1. The van der Waals surface area contributed by atoms with Crippen molar-refractivity contribution < 1.29 is 9.53 Å². The molecule has 0 radical (unpaired) electrons. The summed E-state index contributed by atoms with van der Waals surface area (Å²) in [6.45, 7) is 9.52. The maximum absolute atomic E-state index is 12.6. The van der Waals surface area contributed by atoms with Gasteiger partial charge in [-0.2, -0.15) is 0 Å². The summed E-state index contributed by atoms with van der Waals surface area (Å²) >= 11 is 0. The lowest BCUT2D eigenvalue weighted by Gasteiger charge is -2.31. The fourth-order valence-electron chi connectivity index (χ4n) is 4.61. The van der Waals surface area contributed by atoms with E-state index in [0.717, 1.165) is 88.3 Å². The van der Waals surface area contributed by atoms with E-state index in [1.807, 2.05) is 6.20 Å². The molecule has 7 nitrogen and oxygen atoms in total. The predicted octanol–water partition coefficient (Wildman–Crippen LogP) is 1.27. The second-order valence-corrected chi connectivity index (χ2v) is 8.52. The first-order chi connectivity index (χ1) is 13.7. The van der Waals surface area contributed by atoms with Gasteiger partial charge in [0.15, 0.2) is 0 Å². The Morgan fingerprint density at radius 3 is 2.96 bits per heavy atom. The van der Waals surface area contributed by atoms with Crippen LogP contribution in [0.3, 0.4) is 0 Å². The van der Waals surface area contributed by atoms with Crippen LogP contribution in [0.5, 0.6) is 0 Å². The van der Waals surface area contributed by atoms with E-state index in [4.69, 9.17) is 9.72 Å². The number of rotatable bonds is 5. The molecule has 3 aliphatic rings. The molecule has 1 amide bonds. The Labute approximate surface area is 167 Å². The zero-order chi connectivity index (χ0) is 19.3. The van der Waals surface area contributed by atoms with Gasteiger partial charge >= 0.3 is 0 Å². The van der Waals surface area contributed by atoms with Gasteiger partial charge in [-0.1, -0.05) is 6.92 Å². The SMILES string of the molecule is C[C@H]1CCCN(CCNC(=O)[C@@H]2CCc3nc(N4CCOCC4)ncc3C2)C1. The van der Waals surface area contributed by atoms with E-state index in [9.17, 15) is 4.79 Å². The number of aryl methyl sites for hydroxylation is 1. The van der Waals surface area contributed by atoms with Crippen LogP contribution in [0.25, 0.3) is 0 Å². The summed E-state index contributed by atoms with van der Waals surface area (Å²) in [7, 11) is 0. The van der Waals surface area contributed by atoms with Gasteiger partial charge in [0, 0.05) is 50.5 Å². The van der Waals surface area contributed by atoms with E-state index < -0.39 is 0 Å². The molecule has 2 fully saturated rings. The maximum Gasteiger partial charge on any atom is 0.225 e. The highest BCUT2D eigenvalue weighted by Gasteiger charge is 2.27. The molecule has 2 aliphatic heterocycles. The summed E-state index contributed by atoms with van der Waals surface area (Å²) < 4.78 is 5.41. The molecular formula is C21H33N5O2. The molecule has 0 saturated carbocycles. The van der Waals surface area contributed by atoms with Crippen LogP contribution in [0.2, 0.25) is 0 Å². The molecule has 0 aromatic carbocycles. The van der Waals surface area contributed by atoms with Crippen molar-refractivity contribution in [2.75, 3.05) is 57.4 Å². The van der Waals surface area contributed by atoms with Crippen LogP contribution in [-0.4, -0.2) is 73.3 Å². The van der Waals surface area contributed by atoms with Crippen molar-refractivity contribution in [2.24, 2.45) is 11.8 Å². The molecule has 154 valence electrons. The number of anilines is 1. The van der Waals surface area contributed by atoms with Crippen LogP contribution in [0.1, 0.15) is 37.4 Å². The van der Waals surface area contributed by atoms with Gasteiger partial charge in [-0.25, -0.2) is 9.97 Å². The van der Waals surface area contributed by atoms with Crippen LogP contribution in [0.4, 0.5) is 5.95 Å². The Balaban J connectivity index is 1.26. The topological polar surface area (TPSA) is 70.6 Å². The van der Waals surface area contributed by atoms with Gasteiger partial charge in [0.2, 0.25) is 11.9 Å². The zero-order valence-electron chi connectivity index (χ0n) is 17.0. The first-order valence-electron chi connectivity index (χ1n) is 10.9. The van der Waals surface area contributed by atoms with Gasteiger partial charge in [-0.3, -0.25) is 4.79 Å². The molecule has 28 heavy (non-hydrogen) atoms. The minimum absolute atomic E-state index is 0.0469. The van der Waals surface area contributed by atoms with E-state index in [1.54, 1.807) is 0 Å². The molecule has 1 aromatic rings. The van der Waals surface area contributed by atoms with Crippen molar-refractivity contribution in [1.29, 1.82) is 0 Å². The summed E-state index contributed by atoms with van der Waals surface area (Å²) in [5.41, 5.74) is 2.25. The Kier molecular flexibility index (Phi) is 6.42. The van der Waals surface area contributed by atoms with Crippen molar-refractivity contribution in [3.05, 3.63) is 17.5 Å². The second kappa shape index (κ2) is 9.18. The number of nitrogens with zero attached hydrogens (tertiary/aromatic N) is 4. The number of carbonyl (C=O) groups excluding carboxylic acids is 1. The first-order valence-corrected chi connectivity index (χ1v) is 10.9. The average Bonchev–Trinajstić information content (AvgIpc) is 2.73. The maximum atomic E-state index is 12.6. The third kappa shape index (κ3) is 4.81. The fraction of sp³-hybridized carbons (Fsp3) is 0.762. The Hall–Kier alpha value is -1.73. The Morgan fingerprint density at radius 2 is 2.14 bits per heavy atom. The van der Waals surface area contributed by atoms with E-state index >= 15 is 0 Å². The number of piperidine rings is 1. The molecule has 2 saturated heterocycles. The van der Waals surface area contributed by atoms with E-state index in [0.29, 0.717) is 0 Å². The molecule has 0 spiro atoms. The molecule has 1 aromatic heterocycles. The molecule has 4 rings (SSSR count). The monoisotopic (exact) mass is 387 g/mol. The highest BCUT2D eigenvalue weighted by atomic mass is 16.5. The minimum atomic E-state index is 0.0469. The number of ether oxygens (including phenoxy) is 1. The number of hydrogen-bond acceptors (Lipinski definition) is 6. The van der Waals surface area contributed by atoms with Gasteiger partial charge in [0.1, 0.15) is 0 Å². The van der Waals surface area contributed by atoms with Crippen LogP contribution in [0.15, 0.2) is 6.20 Å². The van der Waals surface area contributed by atoms with Crippen LogP contribution < -0.4 is 10.2 Å². The van der Waals surface area contributed by atoms with E-state index in [-0.39, 0.29) is 11.8 Å². The number of hydrogen-bond donors (Lipinski definition) is 1. The van der Waals surface area contributed by atoms with Gasteiger partial charge in [-0.05, 0) is 50.1 Å². The number of carbonyl (C=O) groups is 1. The number of likely N-dealkylation sites (tertiary alicyclic amines) is 1. The third-order valence-electron chi connectivity index (χ3n) is 6.27. The number of aromatic nitrogens is 2. The zero-order valence-corrected chi connectivity index (χ0v) is 17.0. The van der Waals surface area contributed by atoms with Crippen molar-refractivity contribution in [1.82, 2.24) is 20.2 Å². The summed E-state index contributed by atoms with van der Waals surface area (Å²) in [6.07, 6.45) is 7.03. The summed E-state index contributed by atoms with van der Waals surface area (Å²) in [4.78, 5) is 26.6. The van der Waals surface area contributed by atoms with Gasteiger partial charge in [0.25, 0.3) is 0 Å². The van der Waals surface area contributed by atoms with Crippen LogP contribution in [0, 0.1) is 11.8 Å². The number of morpholine rings is 1. The third-order valence-corrected chi connectivity index (χ3v) is 6.27. The summed E-state index contributed by atoms with van der Waals surface area (Å²) in [5.74, 6) is 1.82. The van der Waals surface area contributed by atoms with Crippen molar-refractivity contribution >= 4 is 11.9 Å². The molecule has 2 atom stereocenters. The largest absolute Gasteiger partial charge is 0.378 e. The van der Waals surface area contributed by atoms with Gasteiger partial charge < -0.3 is 19.9 Å². The number of fused-ring (bicyclic) bond motifs is 1. The van der Waals surface area contributed by atoms with Crippen molar-refractivity contribution in [3.8, 4) is 0 Å². The standard InChI is InChI=1S/C21H33N5O2/c1-16-3-2-7-25(15-16)8-6-22-20(27)17-4-5-19-18(13-17)14-23-21(24-19)26-9-11-28-12-10-26/h14,16-17H,2-13,15H2,1H3,(H,22,27)/t16-,17+/m0/s1. The molecule has 0 unspecified atom stereocenters. The molecular weight excluding hydrogens is 354 g/mol. The lowest BCUT2D eigenvalue weighted by atomic mass is 9.86. The average molecular weight is 388 g/mol. The van der Waals surface area contributed by atoms with Crippen LogP contribution >= 0.6 is 0 Å². The molecule has 7 heteroatoms. The highest BCUT2D eigenvalue weighted by molar-refractivity contribution is 5.79. The lowest BCUT2D eigenvalue weighted by molar-refractivity contribution is -0.125. The molecule has 0 bridgehead atoms. The fourth-order valence-corrected chi connectivity index (χ4v) is 4.61. The second-order valence-electron chi connectivity index (χ2n) is 8.52. The molecule has 1 aliphatic carbocycles. The van der Waals surface area contributed by atoms with E-state index in [2.05, 4.69) is 27.0 Å². The summed E-state index contributed by atoms with van der Waals surface area (Å²) in [6, 6.07) is 0. The van der Waals surface area contributed by atoms with E-state index in [1.165, 1.54) is 19.4 Å². The molecule has 1 N–H and O–H groups in total. The predicted molar refractivity (Wildman–Crippen MR) is 108 cm³/mol. The van der Waals surface area contributed by atoms with Crippen molar-refractivity contribution in [3.63, 3.8) is 0 Å². The Morgan fingerprint density at radius 1 is 1.29 bits per heavy atom. The lowest BCUT2D eigenvalue weighted by Crippen LogP contribution is -2.42. The molecule has 3 heterocycles. The number of amides is 1. The Bertz CT molecular complexity index is 677. The smallest absolute Gasteiger partial charge is 0.225 e. The van der Waals surface area contributed by atoms with Gasteiger partial charge in [0.05, 0.1) is 13.2 Å². The first kappa shape index (κ1) is 19.6. The normalized spacial score (nSPS) is 26.0. The van der Waals surface area contributed by atoms with Gasteiger partial charge in [-0.15, -0.1) is 0 Å². The quantitative estimate of drug-likeness (QED) is 0.820. The summed E-state index contributed by atoms with van der Waals surface area (Å²) in [5, 5.41) is 3.16. The van der Waals surface area contributed by atoms with Crippen molar-refractivity contribution in [2.45, 2.75) is 39.0 Å².